The van der Waals surface area contributed by atoms with Crippen molar-refractivity contribution in [3.05, 3.63) is 88.2 Å². The second-order valence-electron chi connectivity index (χ2n) is 6.13. The van der Waals surface area contributed by atoms with Crippen LogP contribution in [0.3, 0.4) is 0 Å². The van der Waals surface area contributed by atoms with Crippen molar-refractivity contribution in [1.82, 2.24) is 0 Å². The van der Waals surface area contributed by atoms with Crippen LogP contribution in [0.1, 0.15) is 16.7 Å². The predicted octanol–water partition coefficient (Wildman–Crippen LogP) is 1.15. The van der Waals surface area contributed by atoms with Gasteiger partial charge in [-0.15, -0.1) is 0 Å². The lowest BCUT2D eigenvalue weighted by Gasteiger charge is -2.19. The average molecular weight is 433 g/mol. The summed E-state index contributed by atoms with van der Waals surface area (Å²) in [6, 6.07) is 18.9. The Hall–Kier alpha value is -2.04. The fourth-order valence-corrected chi connectivity index (χ4v) is 3.41. The number of halogens is 2. The maximum absolute atomic E-state index is 5.69. The Kier molecular flexibility index (Phi) is 6.17. The number of pyridine rings is 1. The summed E-state index contributed by atoms with van der Waals surface area (Å²) < 4.78 is 14.5. The van der Waals surface area contributed by atoms with Crippen molar-refractivity contribution in [3.8, 4) is 11.5 Å². The first-order valence-corrected chi connectivity index (χ1v) is 9.17. The Bertz CT molecular complexity index is 869. The first-order valence-electron chi connectivity index (χ1n) is 8.38. The second-order valence-corrected chi connectivity index (χ2v) is 6.98. The first-order chi connectivity index (χ1) is 12.3. The van der Waals surface area contributed by atoms with Crippen LogP contribution in [-0.2, 0) is 13.0 Å². The van der Waals surface area contributed by atoms with E-state index in [-0.39, 0.29) is 12.4 Å². The highest BCUT2D eigenvalue weighted by molar-refractivity contribution is 9.10. The summed E-state index contributed by atoms with van der Waals surface area (Å²) in [5, 5.41) is 0. The van der Waals surface area contributed by atoms with Crippen molar-refractivity contribution in [2.75, 3.05) is 13.2 Å². The van der Waals surface area contributed by atoms with E-state index in [0.29, 0.717) is 13.2 Å². The molecule has 0 amide bonds. The highest BCUT2D eigenvalue weighted by Gasteiger charge is 2.16. The van der Waals surface area contributed by atoms with Gasteiger partial charge >= 0.3 is 0 Å². The van der Waals surface area contributed by atoms with Crippen LogP contribution in [0.5, 0.6) is 11.5 Å². The summed E-state index contributed by atoms with van der Waals surface area (Å²) >= 11 is 3.64. The summed E-state index contributed by atoms with van der Waals surface area (Å²) in [7, 11) is 0. The molecule has 1 aliphatic rings. The summed E-state index contributed by atoms with van der Waals surface area (Å²) in [4.78, 5) is 0. The molecule has 0 N–H and O–H groups in total. The molecule has 0 unspecified atom stereocenters. The molecule has 134 valence electrons. The molecule has 2 aromatic carbocycles. The van der Waals surface area contributed by atoms with E-state index < -0.39 is 0 Å². The van der Waals surface area contributed by atoms with Gasteiger partial charge in [0.25, 0.3) is 0 Å². The molecule has 3 nitrogen and oxygen atoms in total. The molecule has 2 heterocycles. The Balaban J connectivity index is 0.00000196. The maximum Gasteiger partial charge on any atom is 0.175 e. The second kappa shape index (κ2) is 8.56. The van der Waals surface area contributed by atoms with E-state index in [4.69, 9.17) is 9.47 Å². The van der Waals surface area contributed by atoms with Crippen LogP contribution in [0.15, 0.2) is 71.5 Å². The van der Waals surface area contributed by atoms with Gasteiger partial charge in [-0.1, -0.05) is 46.3 Å². The van der Waals surface area contributed by atoms with Crippen molar-refractivity contribution in [2.24, 2.45) is 0 Å². The predicted molar refractivity (Wildman–Crippen MR) is 100 cm³/mol. The lowest BCUT2D eigenvalue weighted by atomic mass is 10.1. The molecule has 0 spiro atoms. The van der Waals surface area contributed by atoms with Crippen molar-refractivity contribution >= 4 is 15.9 Å². The molecule has 1 aromatic heterocycles. The molecule has 0 radical (unpaired) electrons. The Labute approximate surface area is 168 Å². The van der Waals surface area contributed by atoms with Crippen LogP contribution < -0.4 is 26.4 Å². The van der Waals surface area contributed by atoms with Gasteiger partial charge in [0, 0.05) is 22.2 Å². The SMILES string of the molecule is Brc1cc2c(cc1C[n+]1ccc(Cc3ccccc3)cc1)OCCO2.[Cl-]. The van der Waals surface area contributed by atoms with Gasteiger partial charge in [0.2, 0.25) is 0 Å². The topological polar surface area (TPSA) is 22.3 Å². The van der Waals surface area contributed by atoms with Gasteiger partial charge in [0.05, 0.1) is 0 Å². The molecule has 3 aromatic rings. The third-order valence-corrected chi connectivity index (χ3v) is 5.01. The summed E-state index contributed by atoms with van der Waals surface area (Å²) in [5.41, 5.74) is 3.81. The summed E-state index contributed by atoms with van der Waals surface area (Å²) in [6.07, 6.45) is 5.21. The Morgan fingerprint density at radius 2 is 1.46 bits per heavy atom. The minimum atomic E-state index is 0. The van der Waals surface area contributed by atoms with E-state index in [1.165, 1.54) is 16.7 Å². The molecule has 0 aliphatic carbocycles. The molecule has 0 atom stereocenters. The van der Waals surface area contributed by atoms with E-state index in [2.05, 4.69) is 75.4 Å². The zero-order valence-electron chi connectivity index (χ0n) is 14.2. The van der Waals surface area contributed by atoms with Gasteiger partial charge in [0.1, 0.15) is 13.2 Å². The minimum absolute atomic E-state index is 0. The van der Waals surface area contributed by atoms with Crippen molar-refractivity contribution in [1.29, 1.82) is 0 Å². The van der Waals surface area contributed by atoms with Crippen LogP contribution in [0.2, 0.25) is 0 Å². The standard InChI is InChI=1S/C21H19BrNO2.ClH/c22-19-14-21-20(24-10-11-25-21)13-18(19)15-23-8-6-17(7-9-23)12-16-4-2-1-3-5-16;/h1-9,13-14H,10-12,15H2;1H/q+1;/p-1. The zero-order valence-corrected chi connectivity index (χ0v) is 16.5. The Morgan fingerprint density at radius 1 is 0.846 bits per heavy atom. The molecule has 1 aliphatic heterocycles. The van der Waals surface area contributed by atoms with Gasteiger partial charge in [0.15, 0.2) is 30.4 Å². The van der Waals surface area contributed by atoms with Crippen molar-refractivity contribution in [2.45, 2.75) is 13.0 Å². The number of hydrogen-bond acceptors (Lipinski definition) is 2. The molecule has 5 heteroatoms. The van der Waals surface area contributed by atoms with E-state index in [1.54, 1.807) is 0 Å². The van der Waals surface area contributed by atoms with Gasteiger partial charge < -0.3 is 21.9 Å². The fraction of sp³-hybridized carbons (Fsp3) is 0.190. The van der Waals surface area contributed by atoms with E-state index in [1.807, 2.05) is 12.1 Å². The minimum Gasteiger partial charge on any atom is -1.00 e. The first kappa shape index (κ1) is 18.7. The molecule has 0 saturated carbocycles. The third-order valence-electron chi connectivity index (χ3n) is 4.28. The molecule has 0 fully saturated rings. The molecular weight excluding hydrogens is 414 g/mol. The van der Waals surface area contributed by atoms with Crippen LogP contribution in [-0.4, -0.2) is 13.2 Å². The number of hydrogen-bond donors (Lipinski definition) is 0. The quantitative estimate of drug-likeness (QED) is 0.577. The van der Waals surface area contributed by atoms with Gasteiger partial charge in [-0.3, -0.25) is 0 Å². The summed E-state index contributed by atoms with van der Waals surface area (Å²) in [5.74, 6) is 1.64. The number of benzene rings is 2. The molecule has 4 rings (SSSR count). The van der Waals surface area contributed by atoms with Gasteiger partial charge in [-0.25, -0.2) is 4.57 Å². The molecule has 26 heavy (non-hydrogen) atoms. The lowest BCUT2D eigenvalue weighted by Crippen LogP contribution is -3.00. The number of ether oxygens (including phenoxy) is 2. The van der Waals surface area contributed by atoms with Gasteiger partial charge in [-0.2, -0.15) is 0 Å². The van der Waals surface area contributed by atoms with E-state index in [9.17, 15) is 0 Å². The molecule has 0 saturated heterocycles. The average Bonchev–Trinajstić information content (AvgIpc) is 2.65. The fourth-order valence-electron chi connectivity index (χ4n) is 2.97. The maximum atomic E-state index is 5.69. The van der Waals surface area contributed by atoms with Crippen LogP contribution in [0, 0.1) is 0 Å². The van der Waals surface area contributed by atoms with Crippen LogP contribution >= 0.6 is 15.9 Å². The number of rotatable bonds is 4. The highest BCUT2D eigenvalue weighted by atomic mass is 79.9. The van der Waals surface area contributed by atoms with Crippen molar-refractivity contribution in [3.63, 3.8) is 0 Å². The van der Waals surface area contributed by atoms with Gasteiger partial charge in [-0.05, 0) is 29.7 Å². The largest absolute Gasteiger partial charge is 1.00 e. The number of fused-ring (bicyclic) bond motifs is 1. The zero-order chi connectivity index (χ0) is 17.1. The third kappa shape index (κ3) is 4.37. The van der Waals surface area contributed by atoms with E-state index in [0.717, 1.165) is 28.9 Å². The Morgan fingerprint density at radius 3 is 2.15 bits per heavy atom. The molecule has 0 bridgehead atoms. The van der Waals surface area contributed by atoms with Crippen molar-refractivity contribution < 1.29 is 26.4 Å². The number of nitrogens with zero attached hydrogens (tertiary/aromatic N) is 1. The molecular formula is C21H19BrClNO2. The van der Waals surface area contributed by atoms with Crippen LogP contribution in [0.4, 0.5) is 0 Å². The number of aromatic nitrogens is 1. The normalized spacial score (nSPS) is 12.3. The summed E-state index contributed by atoms with van der Waals surface area (Å²) in [6.45, 7) is 1.99. The highest BCUT2D eigenvalue weighted by Crippen LogP contribution is 2.35. The smallest absolute Gasteiger partial charge is 0.175 e. The monoisotopic (exact) mass is 431 g/mol. The lowest BCUT2D eigenvalue weighted by molar-refractivity contribution is -0.688. The van der Waals surface area contributed by atoms with E-state index >= 15 is 0 Å². The van der Waals surface area contributed by atoms with Crippen LogP contribution in [0.25, 0.3) is 0 Å².